The standard InChI is InChI=1S/C22H24FN3O/c23-17-7-5-15(6-8-17)21-19-4-2-1-3-14(19)9-10-26(21)22-25-13-20(27-22)16-11-18(24)12-16/h1-8,16,18,20-21H,9-13,24H2/t16-,18-,20-,21-/m0/s1. The van der Waals surface area contributed by atoms with Crippen molar-refractivity contribution >= 4 is 6.02 Å². The maximum Gasteiger partial charge on any atom is 0.288 e. The summed E-state index contributed by atoms with van der Waals surface area (Å²) in [5.74, 6) is 0.299. The summed E-state index contributed by atoms with van der Waals surface area (Å²) in [7, 11) is 0. The van der Waals surface area contributed by atoms with Crippen LogP contribution in [0.2, 0.25) is 0 Å². The van der Waals surface area contributed by atoms with E-state index < -0.39 is 0 Å². The van der Waals surface area contributed by atoms with Crippen molar-refractivity contribution in [3.63, 3.8) is 0 Å². The molecule has 2 heterocycles. The van der Waals surface area contributed by atoms with Gasteiger partial charge in [0, 0.05) is 18.5 Å². The molecule has 2 aliphatic heterocycles. The Morgan fingerprint density at radius 1 is 1.07 bits per heavy atom. The normalized spacial score (nSPS) is 29.6. The van der Waals surface area contributed by atoms with E-state index in [9.17, 15) is 4.39 Å². The predicted molar refractivity (Wildman–Crippen MR) is 103 cm³/mol. The molecule has 2 aromatic carbocycles. The van der Waals surface area contributed by atoms with Gasteiger partial charge in [-0.15, -0.1) is 0 Å². The molecule has 5 heteroatoms. The fraction of sp³-hybridized carbons (Fsp3) is 0.409. The Hall–Kier alpha value is -2.40. The summed E-state index contributed by atoms with van der Waals surface area (Å²) < 4.78 is 19.8. The number of fused-ring (bicyclic) bond motifs is 1. The predicted octanol–water partition coefficient (Wildman–Crippen LogP) is 3.27. The molecule has 5 rings (SSSR count). The molecule has 3 aliphatic rings. The Labute approximate surface area is 158 Å². The van der Waals surface area contributed by atoms with E-state index in [1.165, 1.54) is 23.3 Å². The Kier molecular flexibility index (Phi) is 4.12. The van der Waals surface area contributed by atoms with Crippen LogP contribution in [0.1, 0.15) is 35.6 Å². The fourth-order valence-electron chi connectivity index (χ4n) is 4.57. The lowest BCUT2D eigenvalue weighted by atomic mass is 9.77. The monoisotopic (exact) mass is 365 g/mol. The lowest BCUT2D eigenvalue weighted by Crippen LogP contribution is -2.45. The third-order valence-corrected chi connectivity index (χ3v) is 6.11. The second-order valence-corrected chi connectivity index (χ2v) is 7.87. The molecule has 4 nitrogen and oxygen atoms in total. The summed E-state index contributed by atoms with van der Waals surface area (Å²) in [4.78, 5) is 6.98. The third kappa shape index (κ3) is 3.00. The van der Waals surface area contributed by atoms with Crippen LogP contribution in [0, 0.1) is 11.7 Å². The summed E-state index contributed by atoms with van der Waals surface area (Å²) in [6.45, 7) is 1.55. The van der Waals surface area contributed by atoms with E-state index in [0.29, 0.717) is 18.5 Å². The van der Waals surface area contributed by atoms with Crippen LogP contribution in [0.3, 0.4) is 0 Å². The lowest BCUT2D eigenvalue weighted by Gasteiger charge is -2.40. The molecule has 0 radical (unpaired) electrons. The van der Waals surface area contributed by atoms with E-state index in [1.54, 1.807) is 0 Å². The summed E-state index contributed by atoms with van der Waals surface area (Å²) in [5, 5.41) is 0. The molecule has 1 saturated carbocycles. The number of aliphatic imine (C=N–C) groups is 1. The van der Waals surface area contributed by atoms with Gasteiger partial charge in [-0.25, -0.2) is 9.38 Å². The highest BCUT2D eigenvalue weighted by Gasteiger charge is 2.40. The first-order valence-electron chi connectivity index (χ1n) is 9.75. The van der Waals surface area contributed by atoms with Crippen LogP contribution >= 0.6 is 0 Å². The second kappa shape index (κ2) is 6.64. The molecule has 0 amide bonds. The first kappa shape index (κ1) is 16.8. The van der Waals surface area contributed by atoms with Crippen molar-refractivity contribution in [2.24, 2.45) is 16.6 Å². The molecule has 0 bridgehead atoms. The Bertz CT molecular complexity index is 860. The first-order valence-corrected chi connectivity index (χ1v) is 9.75. The van der Waals surface area contributed by atoms with E-state index >= 15 is 0 Å². The van der Waals surface area contributed by atoms with Gasteiger partial charge in [0.25, 0.3) is 6.02 Å². The van der Waals surface area contributed by atoms with Crippen molar-refractivity contribution in [3.8, 4) is 0 Å². The summed E-state index contributed by atoms with van der Waals surface area (Å²) >= 11 is 0. The maximum absolute atomic E-state index is 13.5. The summed E-state index contributed by atoms with van der Waals surface area (Å²) in [5.41, 5.74) is 9.58. The maximum atomic E-state index is 13.5. The largest absolute Gasteiger partial charge is 0.460 e. The minimum atomic E-state index is -0.217. The van der Waals surface area contributed by atoms with Gasteiger partial charge < -0.3 is 15.4 Å². The van der Waals surface area contributed by atoms with Gasteiger partial charge >= 0.3 is 0 Å². The van der Waals surface area contributed by atoms with Crippen molar-refractivity contribution in [1.82, 2.24) is 4.90 Å². The van der Waals surface area contributed by atoms with Crippen LogP contribution in [0.25, 0.3) is 0 Å². The van der Waals surface area contributed by atoms with Gasteiger partial charge in [0.2, 0.25) is 0 Å². The minimum absolute atomic E-state index is 0.00306. The minimum Gasteiger partial charge on any atom is -0.460 e. The number of nitrogens with two attached hydrogens (primary N) is 1. The summed E-state index contributed by atoms with van der Waals surface area (Å²) in [6, 6.07) is 16.3. The van der Waals surface area contributed by atoms with E-state index in [2.05, 4.69) is 29.2 Å². The van der Waals surface area contributed by atoms with Gasteiger partial charge in [0.15, 0.2) is 0 Å². The van der Waals surface area contributed by atoms with Crippen LogP contribution in [0.4, 0.5) is 4.39 Å². The zero-order valence-electron chi connectivity index (χ0n) is 15.2. The molecular formula is C22H24FN3O. The Morgan fingerprint density at radius 2 is 1.85 bits per heavy atom. The topological polar surface area (TPSA) is 50.8 Å². The average molecular weight is 365 g/mol. The van der Waals surface area contributed by atoms with Crippen molar-refractivity contribution < 1.29 is 9.13 Å². The summed E-state index contributed by atoms with van der Waals surface area (Å²) in [6.07, 6.45) is 3.15. The number of nitrogens with zero attached hydrogens (tertiary/aromatic N) is 2. The van der Waals surface area contributed by atoms with Crippen LogP contribution in [0.5, 0.6) is 0 Å². The number of amidine groups is 1. The number of ether oxygens (including phenoxy) is 1. The van der Waals surface area contributed by atoms with E-state index in [4.69, 9.17) is 15.5 Å². The molecule has 0 saturated heterocycles. The van der Waals surface area contributed by atoms with Gasteiger partial charge in [0.05, 0.1) is 12.6 Å². The van der Waals surface area contributed by atoms with Gasteiger partial charge in [-0.05, 0) is 48.1 Å². The number of halogens is 1. The first-order chi connectivity index (χ1) is 13.2. The van der Waals surface area contributed by atoms with Crippen molar-refractivity contribution in [3.05, 3.63) is 71.0 Å². The average Bonchev–Trinajstić information content (AvgIpc) is 3.15. The number of benzene rings is 2. The molecule has 27 heavy (non-hydrogen) atoms. The zero-order chi connectivity index (χ0) is 18.4. The Balaban J connectivity index is 1.45. The van der Waals surface area contributed by atoms with Crippen LogP contribution in [0.15, 0.2) is 53.5 Å². The second-order valence-electron chi connectivity index (χ2n) is 7.87. The SMILES string of the molecule is N[C@H]1C[C@H]([C@@H]2CN=C(N3CCc4ccccc4[C@@H]3c3ccc(F)cc3)O2)C1. The van der Waals surface area contributed by atoms with Crippen LogP contribution in [-0.4, -0.2) is 36.2 Å². The van der Waals surface area contributed by atoms with Crippen LogP contribution < -0.4 is 5.73 Å². The molecule has 1 fully saturated rings. The van der Waals surface area contributed by atoms with Crippen molar-refractivity contribution in [2.45, 2.75) is 37.5 Å². The molecule has 2 N–H and O–H groups in total. The highest BCUT2D eigenvalue weighted by Crippen LogP contribution is 2.38. The quantitative estimate of drug-likeness (QED) is 0.889. The molecule has 0 spiro atoms. The molecule has 2 aromatic rings. The van der Waals surface area contributed by atoms with Gasteiger partial charge in [-0.2, -0.15) is 0 Å². The van der Waals surface area contributed by atoms with Crippen molar-refractivity contribution in [1.29, 1.82) is 0 Å². The van der Waals surface area contributed by atoms with Gasteiger partial charge in [0.1, 0.15) is 11.9 Å². The van der Waals surface area contributed by atoms with Crippen LogP contribution in [-0.2, 0) is 11.2 Å². The molecule has 0 unspecified atom stereocenters. The van der Waals surface area contributed by atoms with E-state index in [1.807, 2.05) is 12.1 Å². The molecule has 140 valence electrons. The number of rotatable bonds is 2. The third-order valence-electron chi connectivity index (χ3n) is 6.11. The number of hydrogen-bond acceptors (Lipinski definition) is 4. The fourth-order valence-corrected chi connectivity index (χ4v) is 4.57. The molecule has 1 aliphatic carbocycles. The lowest BCUT2D eigenvalue weighted by molar-refractivity contribution is 0.0668. The van der Waals surface area contributed by atoms with Gasteiger partial charge in [-0.3, -0.25) is 0 Å². The van der Waals surface area contributed by atoms with E-state index in [0.717, 1.165) is 37.4 Å². The van der Waals surface area contributed by atoms with Gasteiger partial charge in [-0.1, -0.05) is 36.4 Å². The van der Waals surface area contributed by atoms with E-state index in [-0.39, 0.29) is 18.0 Å². The molecule has 0 aromatic heterocycles. The Morgan fingerprint density at radius 3 is 2.63 bits per heavy atom. The highest BCUT2D eigenvalue weighted by atomic mass is 19.1. The zero-order valence-corrected chi connectivity index (χ0v) is 15.2. The van der Waals surface area contributed by atoms with Crippen molar-refractivity contribution in [2.75, 3.05) is 13.1 Å². The molecular weight excluding hydrogens is 341 g/mol. The number of hydrogen-bond donors (Lipinski definition) is 1. The molecule has 2 atom stereocenters. The highest BCUT2D eigenvalue weighted by molar-refractivity contribution is 5.77. The smallest absolute Gasteiger partial charge is 0.288 e.